The van der Waals surface area contributed by atoms with E-state index in [0.29, 0.717) is 35.5 Å². The Balaban J connectivity index is 1.31. The Morgan fingerprint density at radius 3 is 2.67 bits per heavy atom. The van der Waals surface area contributed by atoms with Crippen molar-refractivity contribution in [1.29, 1.82) is 0 Å². The molecular weight excluding hydrogens is 418 g/mol. The Labute approximate surface area is 191 Å². The van der Waals surface area contributed by atoms with Gasteiger partial charge in [0, 0.05) is 30.6 Å². The number of carbonyl (C=O) groups excluding carboxylic acids is 1. The molecule has 5 rings (SSSR count). The Bertz CT molecular complexity index is 1270. The summed E-state index contributed by atoms with van der Waals surface area (Å²) in [6, 6.07) is 17.4. The largest absolute Gasteiger partial charge is 0.497 e. The maximum absolute atomic E-state index is 12.8. The van der Waals surface area contributed by atoms with Crippen LogP contribution in [-0.2, 0) is 6.42 Å². The fourth-order valence-corrected chi connectivity index (χ4v) is 3.77. The number of hydrogen-bond acceptors (Lipinski definition) is 6. The van der Waals surface area contributed by atoms with Crippen molar-refractivity contribution in [2.75, 3.05) is 13.7 Å². The Morgan fingerprint density at radius 1 is 1.15 bits per heavy atom. The maximum Gasteiger partial charge on any atom is 0.268 e. The first-order valence-electron chi connectivity index (χ1n) is 11.0. The summed E-state index contributed by atoms with van der Waals surface area (Å²) in [6.07, 6.45) is 2.99. The SMILES string of the molecule is COc1ccc(CCNC(=O)c2cccc(-n3nc(-c4nnc(C)o4)cc3C3CC3)c2)cc1. The Morgan fingerprint density at radius 2 is 1.97 bits per heavy atom. The standard InChI is InChI=1S/C25H25N5O3/c1-16-27-28-25(33-16)22-15-23(18-8-9-18)30(29-22)20-5-3-4-19(14-20)24(31)26-13-12-17-6-10-21(32-2)11-7-17/h3-7,10-11,14-15,18H,8-9,12-13H2,1-2H3,(H,26,31). The lowest BCUT2D eigenvalue weighted by atomic mass is 10.1. The van der Waals surface area contributed by atoms with Gasteiger partial charge < -0.3 is 14.5 Å². The number of nitrogens with zero attached hydrogens (tertiary/aromatic N) is 4. The minimum absolute atomic E-state index is 0.113. The number of ether oxygens (including phenoxy) is 1. The molecule has 2 heterocycles. The molecule has 1 aliphatic carbocycles. The molecule has 2 aromatic carbocycles. The Kier molecular flexibility index (Phi) is 5.64. The number of amides is 1. The highest BCUT2D eigenvalue weighted by molar-refractivity contribution is 5.94. The summed E-state index contributed by atoms with van der Waals surface area (Å²) in [5.41, 5.74) is 4.31. The van der Waals surface area contributed by atoms with Crippen LogP contribution < -0.4 is 10.1 Å². The minimum atomic E-state index is -0.113. The van der Waals surface area contributed by atoms with Crippen LogP contribution in [0.15, 0.2) is 59.0 Å². The van der Waals surface area contributed by atoms with Gasteiger partial charge in [0.2, 0.25) is 5.89 Å². The molecule has 0 radical (unpaired) electrons. The van der Waals surface area contributed by atoms with Gasteiger partial charge in [-0.2, -0.15) is 5.10 Å². The second kappa shape index (κ2) is 8.90. The average Bonchev–Trinajstić information content (AvgIpc) is 3.44. The molecule has 33 heavy (non-hydrogen) atoms. The number of nitrogens with one attached hydrogen (secondary N) is 1. The molecule has 1 saturated carbocycles. The third-order valence-corrected chi connectivity index (χ3v) is 5.69. The van der Waals surface area contributed by atoms with Gasteiger partial charge in [-0.15, -0.1) is 10.2 Å². The summed E-state index contributed by atoms with van der Waals surface area (Å²) < 4.78 is 12.6. The van der Waals surface area contributed by atoms with E-state index in [4.69, 9.17) is 14.3 Å². The minimum Gasteiger partial charge on any atom is -0.497 e. The van der Waals surface area contributed by atoms with Gasteiger partial charge in [-0.1, -0.05) is 18.2 Å². The van der Waals surface area contributed by atoms with Crippen molar-refractivity contribution in [2.24, 2.45) is 0 Å². The predicted octanol–water partition coefficient (Wildman–Crippen LogP) is 4.09. The molecule has 0 bridgehead atoms. The first-order valence-corrected chi connectivity index (χ1v) is 11.0. The molecule has 1 N–H and O–H groups in total. The highest BCUT2D eigenvalue weighted by Gasteiger charge is 2.30. The molecule has 1 fully saturated rings. The summed E-state index contributed by atoms with van der Waals surface area (Å²) in [4.78, 5) is 12.8. The van der Waals surface area contributed by atoms with Gasteiger partial charge in [-0.05, 0) is 61.2 Å². The lowest BCUT2D eigenvalue weighted by molar-refractivity contribution is 0.0954. The maximum atomic E-state index is 12.8. The van der Waals surface area contributed by atoms with E-state index in [1.165, 1.54) is 0 Å². The first kappa shape index (κ1) is 20.9. The van der Waals surface area contributed by atoms with Crippen LogP contribution in [0, 0.1) is 6.92 Å². The molecule has 1 aliphatic rings. The highest BCUT2D eigenvalue weighted by atomic mass is 16.5. The third kappa shape index (κ3) is 4.64. The van der Waals surface area contributed by atoms with Crippen molar-refractivity contribution in [3.05, 3.63) is 77.3 Å². The summed E-state index contributed by atoms with van der Waals surface area (Å²) in [5.74, 6) is 2.07. The van der Waals surface area contributed by atoms with Crippen LogP contribution >= 0.6 is 0 Å². The quantitative estimate of drug-likeness (QED) is 0.441. The van der Waals surface area contributed by atoms with Crippen LogP contribution in [0.5, 0.6) is 5.75 Å². The van der Waals surface area contributed by atoms with Crippen LogP contribution in [0.3, 0.4) is 0 Å². The highest BCUT2D eigenvalue weighted by Crippen LogP contribution is 2.42. The molecule has 1 amide bonds. The summed E-state index contributed by atoms with van der Waals surface area (Å²) in [6.45, 7) is 2.30. The molecule has 0 saturated heterocycles. The normalized spacial score (nSPS) is 13.2. The topological polar surface area (TPSA) is 95.1 Å². The zero-order valence-corrected chi connectivity index (χ0v) is 18.6. The number of rotatable bonds is 8. The monoisotopic (exact) mass is 443 g/mol. The Hall–Kier alpha value is -3.94. The van der Waals surface area contributed by atoms with Crippen LogP contribution in [0.4, 0.5) is 0 Å². The van der Waals surface area contributed by atoms with Crippen molar-refractivity contribution in [3.63, 3.8) is 0 Å². The van der Waals surface area contributed by atoms with Gasteiger partial charge in [0.05, 0.1) is 12.8 Å². The van der Waals surface area contributed by atoms with E-state index >= 15 is 0 Å². The molecule has 8 nitrogen and oxygen atoms in total. The molecule has 0 spiro atoms. The summed E-state index contributed by atoms with van der Waals surface area (Å²) >= 11 is 0. The lowest BCUT2D eigenvalue weighted by Crippen LogP contribution is -2.25. The molecule has 8 heteroatoms. The average molecular weight is 444 g/mol. The third-order valence-electron chi connectivity index (χ3n) is 5.69. The van der Waals surface area contributed by atoms with Gasteiger partial charge >= 0.3 is 0 Å². The lowest BCUT2D eigenvalue weighted by Gasteiger charge is -2.10. The van der Waals surface area contributed by atoms with Gasteiger partial charge in [-0.3, -0.25) is 4.79 Å². The van der Waals surface area contributed by atoms with E-state index in [9.17, 15) is 4.79 Å². The van der Waals surface area contributed by atoms with E-state index in [-0.39, 0.29) is 5.91 Å². The number of hydrogen-bond donors (Lipinski definition) is 1. The predicted molar refractivity (Wildman–Crippen MR) is 123 cm³/mol. The molecule has 168 valence electrons. The van der Waals surface area contributed by atoms with Crippen molar-refractivity contribution in [1.82, 2.24) is 25.3 Å². The van der Waals surface area contributed by atoms with E-state index in [1.54, 1.807) is 14.0 Å². The van der Waals surface area contributed by atoms with E-state index in [2.05, 4.69) is 15.5 Å². The molecule has 2 aromatic heterocycles. The van der Waals surface area contributed by atoms with E-state index in [0.717, 1.165) is 42.0 Å². The van der Waals surface area contributed by atoms with E-state index in [1.807, 2.05) is 59.3 Å². The smallest absolute Gasteiger partial charge is 0.268 e. The van der Waals surface area contributed by atoms with Crippen molar-refractivity contribution >= 4 is 5.91 Å². The fourth-order valence-electron chi connectivity index (χ4n) is 3.77. The fraction of sp³-hybridized carbons (Fsp3) is 0.280. The number of benzene rings is 2. The molecule has 0 atom stereocenters. The zero-order valence-electron chi connectivity index (χ0n) is 18.6. The zero-order chi connectivity index (χ0) is 22.8. The first-order chi connectivity index (χ1) is 16.1. The summed E-state index contributed by atoms with van der Waals surface area (Å²) in [7, 11) is 1.65. The van der Waals surface area contributed by atoms with Crippen molar-refractivity contribution in [3.8, 4) is 23.0 Å². The molecule has 0 aliphatic heterocycles. The van der Waals surface area contributed by atoms with Crippen LogP contribution in [0.2, 0.25) is 0 Å². The van der Waals surface area contributed by atoms with Gasteiger partial charge in [-0.25, -0.2) is 4.68 Å². The van der Waals surface area contributed by atoms with Gasteiger partial charge in [0.25, 0.3) is 11.8 Å². The van der Waals surface area contributed by atoms with Crippen molar-refractivity contribution in [2.45, 2.75) is 32.1 Å². The van der Waals surface area contributed by atoms with Crippen molar-refractivity contribution < 1.29 is 13.9 Å². The van der Waals surface area contributed by atoms with Crippen LogP contribution in [0.1, 0.15) is 46.3 Å². The van der Waals surface area contributed by atoms with Crippen LogP contribution in [0.25, 0.3) is 17.3 Å². The van der Waals surface area contributed by atoms with Gasteiger partial charge in [0.1, 0.15) is 11.4 Å². The summed E-state index contributed by atoms with van der Waals surface area (Å²) in [5, 5.41) is 15.7. The number of aromatic nitrogens is 4. The van der Waals surface area contributed by atoms with Crippen LogP contribution in [-0.4, -0.2) is 39.5 Å². The number of methoxy groups -OCH3 is 1. The number of carbonyl (C=O) groups is 1. The molecular formula is C25H25N5O3. The second-order valence-electron chi connectivity index (χ2n) is 8.17. The molecule has 0 unspecified atom stereocenters. The van der Waals surface area contributed by atoms with E-state index < -0.39 is 0 Å². The number of aryl methyl sites for hydroxylation is 1. The second-order valence-corrected chi connectivity index (χ2v) is 8.17. The van der Waals surface area contributed by atoms with Gasteiger partial charge in [0.15, 0.2) is 0 Å². The molecule has 4 aromatic rings.